The molecule has 0 amide bonds. The predicted octanol–water partition coefficient (Wildman–Crippen LogP) is 2.61. The summed E-state index contributed by atoms with van der Waals surface area (Å²) in [5, 5.41) is 0. The normalized spacial score (nSPS) is 22.1. The minimum atomic E-state index is -1.19. The van der Waals surface area contributed by atoms with Crippen LogP contribution in [0.15, 0.2) is 42.0 Å². The van der Waals surface area contributed by atoms with E-state index in [0.717, 1.165) is 0 Å². The second-order valence-electron chi connectivity index (χ2n) is 5.44. The van der Waals surface area contributed by atoms with Crippen molar-refractivity contribution in [3.8, 4) is 0 Å². The molecule has 3 heteroatoms. The topological polar surface area (TPSA) is 51.2 Å². The lowest BCUT2D eigenvalue weighted by molar-refractivity contribution is -0.134. The first-order valence-electron chi connectivity index (χ1n) is 6.22. The van der Waals surface area contributed by atoms with Gasteiger partial charge in [0.25, 0.3) is 0 Å². The minimum Gasteiger partial charge on any atom is -0.297 e. The summed E-state index contributed by atoms with van der Waals surface area (Å²) in [5.41, 5.74) is 0.117. The Morgan fingerprint density at radius 1 is 1.11 bits per heavy atom. The van der Waals surface area contributed by atoms with Gasteiger partial charge in [0.1, 0.15) is 5.92 Å². The number of carbonyl (C=O) groups excluding carboxylic acids is 3. The molecular weight excluding hydrogens is 240 g/mol. The molecule has 0 saturated heterocycles. The second kappa shape index (κ2) is 4.57. The van der Waals surface area contributed by atoms with Crippen molar-refractivity contribution in [1.29, 1.82) is 0 Å². The van der Waals surface area contributed by atoms with Crippen LogP contribution in [0.2, 0.25) is 0 Å². The summed E-state index contributed by atoms with van der Waals surface area (Å²) in [7, 11) is 0. The molecule has 1 aromatic rings. The molecule has 0 bridgehead atoms. The number of hydrogen-bond donors (Lipinski definition) is 0. The van der Waals surface area contributed by atoms with Crippen LogP contribution in [0.3, 0.4) is 0 Å². The number of allylic oxidation sites excluding steroid dienone is 2. The van der Waals surface area contributed by atoms with Crippen LogP contribution in [-0.4, -0.2) is 17.3 Å². The van der Waals surface area contributed by atoms with E-state index in [9.17, 15) is 14.4 Å². The molecule has 0 aromatic heterocycles. The fourth-order valence-electron chi connectivity index (χ4n) is 2.41. The van der Waals surface area contributed by atoms with Crippen molar-refractivity contribution in [2.45, 2.75) is 20.8 Å². The third-order valence-electron chi connectivity index (χ3n) is 3.45. The van der Waals surface area contributed by atoms with Gasteiger partial charge in [0.15, 0.2) is 17.3 Å². The Labute approximate surface area is 112 Å². The fourth-order valence-corrected chi connectivity index (χ4v) is 2.41. The van der Waals surface area contributed by atoms with E-state index in [1.807, 2.05) is 0 Å². The molecule has 3 nitrogen and oxygen atoms in total. The van der Waals surface area contributed by atoms with Crippen LogP contribution >= 0.6 is 0 Å². The van der Waals surface area contributed by atoms with Gasteiger partial charge in [-0.1, -0.05) is 36.4 Å². The van der Waals surface area contributed by atoms with Crippen LogP contribution in [0, 0.1) is 11.3 Å². The van der Waals surface area contributed by atoms with Gasteiger partial charge in [0.05, 0.1) is 0 Å². The van der Waals surface area contributed by atoms with E-state index in [0.29, 0.717) is 11.1 Å². The molecule has 0 N–H and O–H groups in total. The molecule has 0 spiro atoms. The number of rotatable bonds is 2. The fraction of sp³-hybridized carbons (Fsp3) is 0.312. The number of ketones is 3. The number of benzene rings is 1. The molecule has 1 aliphatic carbocycles. The van der Waals surface area contributed by atoms with Crippen molar-refractivity contribution in [2.24, 2.45) is 11.3 Å². The number of carbonyl (C=O) groups is 3. The van der Waals surface area contributed by atoms with Crippen LogP contribution in [-0.2, 0) is 9.59 Å². The Balaban J connectivity index is 2.45. The maximum atomic E-state index is 12.4. The van der Waals surface area contributed by atoms with E-state index in [1.165, 1.54) is 0 Å². The predicted molar refractivity (Wildman–Crippen MR) is 71.8 cm³/mol. The van der Waals surface area contributed by atoms with Crippen LogP contribution in [0.5, 0.6) is 0 Å². The summed E-state index contributed by atoms with van der Waals surface area (Å²) in [6, 6.07) is 8.49. The molecule has 0 fully saturated rings. The summed E-state index contributed by atoms with van der Waals surface area (Å²) >= 11 is 0. The summed E-state index contributed by atoms with van der Waals surface area (Å²) in [6.45, 7) is 5.12. The first-order valence-corrected chi connectivity index (χ1v) is 6.22. The third-order valence-corrected chi connectivity index (χ3v) is 3.45. The molecule has 1 atom stereocenters. The van der Waals surface area contributed by atoms with Gasteiger partial charge in [0, 0.05) is 11.0 Å². The SMILES string of the molecule is CC1=CC(C)(C)C(=O)C(C(=O)c2ccccc2)C1=O. The van der Waals surface area contributed by atoms with Gasteiger partial charge in [0.2, 0.25) is 0 Å². The van der Waals surface area contributed by atoms with Crippen molar-refractivity contribution in [2.75, 3.05) is 0 Å². The van der Waals surface area contributed by atoms with E-state index >= 15 is 0 Å². The quantitative estimate of drug-likeness (QED) is 0.603. The van der Waals surface area contributed by atoms with Gasteiger partial charge in [-0.15, -0.1) is 0 Å². The average molecular weight is 256 g/mol. The third kappa shape index (κ3) is 2.28. The molecule has 98 valence electrons. The summed E-state index contributed by atoms with van der Waals surface area (Å²) < 4.78 is 0. The van der Waals surface area contributed by atoms with E-state index < -0.39 is 17.1 Å². The van der Waals surface area contributed by atoms with Crippen LogP contribution in [0.4, 0.5) is 0 Å². The molecule has 2 rings (SSSR count). The summed E-state index contributed by atoms with van der Waals surface area (Å²) in [5.74, 6) is -2.30. The molecule has 1 aromatic carbocycles. The van der Waals surface area contributed by atoms with E-state index in [-0.39, 0.29) is 11.6 Å². The molecule has 19 heavy (non-hydrogen) atoms. The zero-order valence-corrected chi connectivity index (χ0v) is 11.3. The van der Waals surface area contributed by atoms with Gasteiger partial charge < -0.3 is 0 Å². The van der Waals surface area contributed by atoms with Gasteiger partial charge in [-0.3, -0.25) is 14.4 Å². The Bertz CT molecular complexity index is 579. The highest BCUT2D eigenvalue weighted by atomic mass is 16.2. The van der Waals surface area contributed by atoms with E-state index in [2.05, 4.69) is 0 Å². The standard InChI is InChI=1S/C16H16O3/c1-10-9-16(2,3)15(19)12(13(10)17)14(18)11-7-5-4-6-8-11/h4-9,12H,1-3H3. The Morgan fingerprint density at radius 3 is 2.26 bits per heavy atom. The number of hydrogen-bond acceptors (Lipinski definition) is 3. The van der Waals surface area contributed by atoms with Gasteiger partial charge in [-0.25, -0.2) is 0 Å². The highest BCUT2D eigenvalue weighted by Gasteiger charge is 2.45. The molecular formula is C16H16O3. The van der Waals surface area contributed by atoms with Crippen LogP contribution < -0.4 is 0 Å². The lowest BCUT2D eigenvalue weighted by Gasteiger charge is -2.29. The minimum absolute atomic E-state index is 0.322. The Hall–Kier alpha value is -2.03. The lowest BCUT2D eigenvalue weighted by Crippen LogP contribution is -2.43. The summed E-state index contributed by atoms with van der Waals surface area (Å²) in [6.07, 6.45) is 1.65. The van der Waals surface area contributed by atoms with Crippen molar-refractivity contribution in [3.05, 3.63) is 47.5 Å². The molecule has 0 aliphatic heterocycles. The highest BCUT2D eigenvalue weighted by molar-refractivity contribution is 6.30. The van der Waals surface area contributed by atoms with Crippen molar-refractivity contribution in [3.63, 3.8) is 0 Å². The van der Waals surface area contributed by atoms with Gasteiger partial charge in [-0.2, -0.15) is 0 Å². The second-order valence-corrected chi connectivity index (χ2v) is 5.44. The lowest BCUT2D eigenvalue weighted by atomic mass is 9.70. The summed E-state index contributed by atoms with van der Waals surface area (Å²) in [4.78, 5) is 36.8. The van der Waals surface area contributed by atoms with E-state index in [4.69, 9.17) is 0 Å². The van der Waals surface area contributed by atoms with Crippen molar-refractivity contribution >= 4 is 17.3 Å². The largest absolute Gasteiger partial charge is 0.297 e. The molecule has 0 saturated carbocycles. The molecule has 1 aliphatic rings. The molecule has 1 unspecified atom stereocenters. The smallest absolute Gasteiger partial charge is 0.181 e. The Kier molecular flexibility index (Phi) is 3.23. The number of Topliss-reactive ketones (excluding diaryl/α,β-unsaturated/α-hetero) is 3. The first kappa shape index (κ1) is 13.4. The average Bonchev–Trinajstić information content (AvgIpc) is 2.37. The monoisotopic (exact) mass is 256 g/mol. The zero-order chi connectivity index (χ0) is 14.2. The molecule has 0 radical (unpaired) electrons. The van der Waals surface area contributed by atoms with Gasteiger partial charge in [-0.05, 0) is 26.3 Å². The van der Waals surface area contributed by atoms with Crippen molar-refractivity contribution in [1.82, 2.24) is 0 Å². The highest BCUT2D eigenvalue weighted by Crippen LogP contribution is 2.33. The molecule has 0 heterocycles. The zero-order valence-electron chi connectivity index (χ0n) is 11.3. The van der Waals surface area contributed by atoms with Crippen LogP contribution in [0.25, 0.3) is 0 Å². The maximum absolute atomic E-state index is 12.4. The maximum Gasteiger partial charge on any atom is 0.181 e. The van der Waals surface area contributed by atoms with Gasteiger partial charge >= 0.3 is 0 Å². The Morgan fingerprint density at radius 2 is 1.68 bits per heavy atom. The van der Waals surface area contributed by atoms with Crippen molar-refractivity contribution < 1.29 is 14.4 Å². The van der Waals surface area contributed by atoms with E-state index in [1.54, 1.807) is 57.2 Å². The first-order chi connectivity index (χ1) is 8.84. The van der Waals surface area contributed by atoms with Crippen LogP contribution in [0.1, 0.15) is 31.1 Å².